The molecule has 0 radical (unpaired) electrons. The highest BCUT2D eigenvalue weighted by Gasteiger charge is 2.16. The first kappa shape index (κ1) is 10.6. The van der Waals surface area contributed by atoms with Gasteiger partial charge in [0, 0.05) is 0 Å². The summed E-state index contributed by atoms with van der Waals surface area (Å²) in [6.07, 6.45) is -2.52. The van der Waals surface area contributed by atoms with Crippen molar-refractivity contribution < 1.29 is 8.78 Å². The number of nitrogens with two attached hydrogens (primary N) is 1. The van der Waals surface area contributed by atoms with E-state index in [1.54, 1.807) is 24.3 Å². The lowest BCUT2D eigenvalue weighted by Gasteiger charge is -2.10. The van der Waals surface area contributed by atoms with Crippen LogP contribution in [-0.4, -0.2) is 12.5 Å². The first-order valence-corrected chi connectivity index (χ1v) is 4.17. The molecule has 1 aromatic rings. The maximum Gasteiger partial charge on any atom is 0.253 e. The van der Waals surface area contributed by atoms with Gasteiger partial charge in [0.2, 0.25) is 0 Å². The first-order valence-electron chi connectivity index (χ1n) is 4.17. The Morgan fingerprint density at radius 2 is 2.00 bits per heavy atom. The van der Waals surface area contributed by atoms with E-state index in [-0.39, 0.29) is 6.42 Å². The maximum atomic E-state index is 12.1. The first-order chi connectivity index (χ1) is 6.65. The molecule has 1 rings (SSSR count). The van der Waals surface area contributed by atoms with Gasteiger partial charge in [0.15, 0.2) is 0 Å². The SMILES string of the molecule is N#Cc1ccccc1CC(N)C(F)F. The van der Waals surface area contributed by atoms with E-state index in [1.165, 1.54) is 0 Å². The van der Waals surface area contributed by atoms with Crippen LogP contribution in [0.1, 0.15) is 11.1 Å². The van der Waals surface area contributed by atoms with Crippen LogP contribution in [0.15, 0.2) is 24.3 Å². The molecule has 0 saturated heterocycles. The van der Waals surface area contributed by atoms with Crippen LogP contribution in [0.4, 0.5) is 8.78 Å². The summed E-state index contributed by atoms with van der Waals surface area (Å²) in [6, 6.07) is 7.36. The molecule has 0 amide bonds. The van der Waals surface area contributed by atoms with Crippen LogP contribution in [0.2, 0.25) is 0 Å². The van der Waals surface area contributed by atoms with Gasteiger partial charge in [0.05, 0.1) is 17.7 Å². The standard InChI is InChI=1S/C10H10F2N2/c11-10(12)9(14)5-7-3-1-2-4-8(7)6-13/h1-4,9-10H,5,14H2. The quantitative estimate of drug-likeness (QED) is 0.799. The summed E-state index contributed by atoms with van der Waals surface area (Å²) < 4.78 is 24.3. The molecule has 0 fully saturated rings. The lowest BCUT2D eigenvalue weighted by Crippen LogP contribution is -2.31. The molecule has 0 aliphatic rings. The largest absolute Gasteiger partial charge is 0.323 e. The Morgan fingerprint density at radius 3 is 2.57 bits per heavy atom. The van der Waals surface area contributed by atoms with Gasteiger partial charge in [-0.25, -0.2) is 8.78 Å². The van der Waals surface area contributed by atoms with E-state index in [4.69, 9.17) is 11.0 Å². The van der Waals surface area contributed by atoms with Crippen LogP contribution in [0, 0.1) is 11.3 Å². The van der Waals surface area contributed by atoms with E-state index in [1.807, 2.05) is 6.07 Å². The molecule has 0 aliphatic heterocycles. The Balaban J connectivity index is 2.82. The van der Waals surface area contributed by atoms with Crippen LogP contribution in [0.5, 0.6) is 0 Å². The fraction of sp³-hybridized carbons (Fsp3) is 0.300. The number of rotatable bonds is 3. The van der Waals surface area contributed by atoms with Crippen LogP contribution in [0.25, 0.3) is 0 Å². The van der Waals surface area contributed by atoms with E-state index >= 15 is 0 Å². The third kappa shape index (κ3) is 2.51. The van der Waals surface area contributed by atoms with Gasteiger partial charge >= 0.3 is 0 Å². The molecule has 0 heterocycles. The molecule has 0 aliphatic carbocycles. The lowest BCUT2D eigenvalue weighted by molar-refractivity contribution is 0.116. The van der Waals surface area contributed by atoms with Gasteiger partial charge in [-0.1, -0.05) is 18.2 Å². The summed E-state index contributed by atoms with van der Waals surface area (Å²) in [6.45, 7) is 0. The van der Waals surface area contributed by atoms with Crippen molar-refractivity contribution >= 4 is 0 Å². The number of alkyl halides is 2. The van der Waals surface area contributed by atoms with Crippen molar-refractivity contribution in [1.82, 2.24) is 0 Å². The number of hydrogen-bond donors (Lipinski definition) is 1. The number of halogens is 2. The highest BCUT2D eigenvalue weighted by atomic mass is 19.3. The van der Waals surface area contributed by atoms with Crippen molar-refractivity contribution in [2.75, 3.05) is 0 Å². The molecule has 14 heavy (non-hydrogen) atoms. The molecule has 0 aromatic heterocycles. The summed E-state index contributed by atoms with van der Waals surface area (Å²) in [4.78, 5) is 0. The average molecular weight is 196 g/mol. The van der Waals surface area contributed by atoms with Gasteiger partial charge in [-0.2, -0.15) is 5.26 Å². The zero-order valence-electron chi connectivity index (χ0n) is 7.45. The second kappa shape index (κ2) is 4.68. The zero-order valence-corrected chi connectivity index (χ0v) is 7.45. The number of hydrogen-bond acceptors (Lipinski definition) is 2. The van der Waals surface area contributed by atoms with Gasteiger partial charge in [0.25, 0.3) is 6.43 Å². The van der Waals surface area contributed by atoms with E-state index in [0.717, 1.165) is 0 Å². The number of nitrogens with zero attached hydrogens (tertiary/aromatic N) is 1. The van der Waals surface area contributed by atoms with E-state index in [2.05, 4.69) is 0 Å². The minimum absolute atomic E-state index is 0.0292. The van der Waals surface area contributed by atoms with Crippen LogP contribution >= 0.6 is 0 Å². The molecular weight excluding hydrogens is 186 g/mol. The second-order valence-corrected chi connectivity index (χ2v) is 2.97. The van der Waals surface area contributed by atoms with Crippen molar-refractivity contribution in [2.24, 2.45) is 5.73 Å². The van der Waals surface area contributed by atoms with Crippen LogP contribution in [0.3, 0.4) is 0 Å². The van der Waals surface area contributed by atoms with Crippen molar-refractivity contribution in [3.63, 3.8) is 0 Å². The van der Waals surface area contributed by atoms with Crippen LogP contribution < -0.4 is 5.73 Å². The molecule has 0 bridgehead atoms. The molecule has 1 unspecified atom stereocenters. The normalized spacial score (nSPS) is 12.5. The molecule has 1 atom stereocenters. The highest BCUT2D eigenvalue weighted by molar-refractivity contribution is 5.37. The third-order valence-corrected chi connectivity index (χ3v) is 1.92. The predicted molar refractivity (Wildman–Crippen MR) is 48.8 cm³/mol. The van der Waals surface area contributed by atoms with Gasteiger partial charge in [-0.15, -0.1) is 0 Å². The lowest BCUT2D eigenvalue weighted by atomic mass is 10.0. The van der Waals surface area contributed by atoms with Crippen molar-refractivity contribution in [3.05, 3.63) is 35.4 Å². The van der Waals surface area contributed by atoms with Gasteiger partial charge in [-0.05, 0) is 18.1 Å². The van der Waals surface area contributed by atoms with Crippen molar-refractivity contribution in [3.8, 4) is 6.07 Å². The average Bonchev–Trinajstić information content (AvgIpc) is 2.18. The van der Waals surface area contributed by atoms with E-state index < -0.39 is 12.5 Å². The molecular formula is C10H10F2N2. The summed E-state index contributed by atoms with van der Waals surface area (Å²) in [5, 5.41) is 8.69. The highest BCUT2D eigenvalue weighted by Crippen LogP contribution is 2.12. The molecule has 74 valence electrons. The maximum absolute atomic E-state index is 12.1. The summed E-state index contributed by atoms with van der Waals surface area (Å²) in [5.41, 5.74) is 6.19. The topological polar surface area (TPSA) is 49.8 Å². The Labute approximate surface area is 81.0 Å². The smallest absolute Gasteiger partial charge is 0.253 e. The van der Waals surface area contributed by atoms with E-state index in [0.29, 0.717) is 11.1 Å². The number of nitriles is 1. The Bertz CT molecular complexity index is 344. The third-order valence-electron chi connectivity index (χ3n) is 1.92. The van der Waals surface area contributed by atoms with Gasteiger partial charge < -0.3 is 5.73 Å². The van der Waals surface area contributed by atoms with E-state index in [9.17, 15) is 8.78 Å². The zero-order chi connectivity index (χ0) is 10.6. The van der Waals surface area contributed by atoms with Gasteiger partial charge in [-0.3, -0.25) is 0 Å². The molecule has 0 saturated carbocycles. The monoisotopic (exact) mass is 196 g/mol. The Kier molecular flexibility index (Phi) is 3.55. The molecule has 4 heteroatoms. The van der Waals surface area contributed by atoms with Crippen molar-refractivity contribution in [2.45, 2.75) is 18.9 Å². The fourth-order valence-electron chi connectivity index (χ4n) is 1.15. The predicted octanol–water partition coefficient (Wildman–Crippen LogP) is 1.69. The van der Waals surface area contributed by atoms with Gasteiger partial charge in [0.1, 0.15) is 0 Å². The van der Waals surface area contributed by atoms with Crippen LogP contribution in [-0.2, 0) is 6.42 Å². The second-order valence-electron chi connectivity index (χ2n) is 2.97. The molecule has 2 nitrogen and oxygen atoms in total. The Hall–Kier alpha value is -1.47. The number of benzene rings is 1. The fourth-order valence-corrected chi connectivity index (χ4v) is 1.15. The Morgan fingerprint density at radius 1 is 1.36 bits per heavy atom. The molecule has 1 aromatic carbocycles. The summed E-state index contributed by atoms with van der Waals surface area (Å²) in [7, 11) is 0. The summed E-state index contributed by atoms with van der Waals surface area (Å²) in [5.74, 6) is 0. The van der Waals surface area contributed by atoms with Crippen molar-refractivity contribution in [1.29, 1.82) is 5.26 Å². The molecule has 0 spiro atoms. The minimum atomic E-state index is -2.55. The summed E-state index contributed by atoms with van der Waals surface area (Å²) >= 11 is 0. The minimum Gasteiger partial charge on any atom is -0.323 e. The molecule has 2 N–H and O–H groups in total.